The van der Waals surface area contributed by atoms with Gasteiger partial charge in [-0.15, -0.1) is 0 Å². The molecule has 0 saturated carbocycles. The first-order valence-corrected chi connectivity index (χ1v) is 5.70. The van der Waals surface area contributed by atoms with Crippen LogP contribution in [0.4, 0.5) is 20.3 Å². The van der Waals surface area contributed by atoms with Gasteiger partial charge < -0.3 is 5.32 Å². The molecule has 0 spiro atoms. The van der Waals surface area contributed by atoms with Crippen LogP contribution in [0, 0.1) is 18.6 Å². The van der Waals surface area contributed by atoms with Gasteiger partial charge >= 0.3 is 0 Å². The number of rotatable bonds is 2. The minimum Gasteiger partial charge on any atom is -0.339 e. The summed E-state index contributed by atoms with van der Waals surface area (Å²) in [5.74, 6) is -1.19. The van der Waals surface area contributed by atoms with Gasteiger partial charge in [0.1, 0.15) is 5.82 Å². The zero-order valence-electron chi connectivity index (χ0n) is 8.97. The van der Waals surface area contributed by atoms with Crippen molar-refractivity contribution >= 4 is 27.4 Å². The molecule has 0 atom stereocenters. The van der Waals surface area contributed by atoms with Crippen molar-refractivity contribution in [2.24, 2.45) is 0 Å². The van der Waals surface area contributed by atoms with E-state index in [0.29, 0.717) is 11.5 Å². The number of anilines is 2. The third kappa shape index (κ3) is 2.61. The average Bonchev–Trinajstić information content (AvgIpc) is 2.30. The monoisotopic (exact) mass is 298 g/mol. The highest BCUT2D eigenvalue weighted by Crippen LogP contribution is 2.26. The van der Waals surface area contributed by atoms with Crippen LogP contribution in [0.1, 0.15) is 5.56 Å². The van der Waals surface area contributed by atoms with Crippen LogP contribution in [0.25, 0.3) is 0 Å². The van der Waals surface area contributed by atoms with Gasteiger partial charge in [-0.25, -0.2) is 13.8 Å². The van der Waals surface area contributed by atoms with Crippen LogP contribution in [0.5, 0.6) is 0 Å². The average molecular weight is 299 g/mol. The van der Waals surface area contributed by atoms with Gasteiger partial charge in [0.2, 0.25) is 0 Å². The van der Waals surface area contributed by atoms with Gasteiger partial charge in [-0.05, 0) is 46.6 Å². The second-order valence-corrected chi connectivity index (χ2v) is 4.34. The molecule has 0 fully saturated rings. The van der Waals surface area contributed by atoms with Crippen LogP contribution >= 0.6 is 15.9 Å². The predicted molar refractivity (Wildman–Crippen MR) is 66.3 cm³/mol. The molecule has 0 bridgehead atoms. The summed E-state index contributed by atoms with van der Waals surface area (Å²) in [6.45, 7) is 1.92. The maximum atomic E-state index is 13.0. The first kappa shape index (κ1) is 12.0. The van der Waals surface area contributed by atoms with Gasteiger partial charge in [0.25, 0.3) is 0 Å². The standard InChI is InChI=1S/C12H9BrF2N2/c1-7-4-5-16-12(11(7)13)17-8-2-3-9(14)10(15)6-8/h2-6H,1H3,(H,16,17). The van der Waals surface area contributed by atoms with E-state index in [9.17, 15) is 8.78 Å². The summed E-state index contributed by atoms with van der Waals surface area (Å²) < 4.78 is 26.6. The number of nitrogens with zero attached hydrogens (tertiary/aromatic N) is 1. The molecule has 0 amide bonds. The normalized spacial score (nSPS) is 10.4. The Balaban J connectivity index is 2.31. The van der Waals surface area contributed by atoms with Crippen LogP contribution in [0.15, 0.2) is 34.9 Å². The summed E-state index contributed by atoms with van der Waals surface area (Å²) in [5.41, 5.74) is 1.45. The molecule has 1 aromatic heterocycles. The smallest absolute Gasteiger partial charge is 0.160 e. The van der Waals surface area contributed by atoms with Gasteiger partial charge in [0.15, 0.2) is 11.6 Å². The van der Waals surface area contributed by atoms with E-state index in [-0.39, 0.29) is 0 Å². The van der Waals surface area contributed by atoms with Crippen molar-refractivity contribution in [3.05, 3.63) is 52.1 Å². The lowest BCUT2D eigenvalue weighted by molar-refractivity contribution is 0.509. The van der Waals surface area contributed by atoms with E-state index < -0.39 is 11.6 Å². The van der Waals surface area contributed by atoms with Crippen molar-refractivity contribution in [3.8, 4) is 0 Å². The number of nitrogens with one attached hydrogen (secondary N) is 1. The maximum absolute atomic E-state index is 13.0. The molecular formula is C12H9BrF2N2. The summed E-state index contributed by atoms with van der Waals surface area (Å²) in [4.78, 5) is 4.11. The summed E-state index contributed by atoms with van der Waals surface area (Å²) >= 11 is 3.38. The van der Waals surface area contributed by atoms with E-state index in [1.54, 1.807) is 6.20 Å². The lowest BCUT2D eigenvalue weighted by Gasteiger charge is -2.09. The highest BCUT2D eigenvalue weighted by Gasteiger charge is 2.06. The van der Waals surface area contributed by atoms with Crippen molar-refractivity contribution in [3.63, 3.8) is 0 Å². The Hall–Kier alpha value is -1.49. The topological polar surface area (TPSA) is 24.9 Å². The van der Waals surface area contributed by atoms with Crippen LogP contribution in [0.3, 0.4) is 0 Å². The van der Waals surface area contributed by atoms with Crippen LogP contribution < -0.4 is 5.32 Å². The molecule has 0 aliphatic heterocycles. The predicted octanol–water partition coefficient (Wildman–Crippen LogP) is 4.17. The third-order valence-electron chi connectivity index (χ3n) is 2.26. The Morgan fingerprint density at radius 1 is 1.18 bits per heavy atom. The van der Waals surface area contributed by atoms with Crippen molar-refractivity contribution in [1.29, 1.82) is 0 Å². The summed E-state index contributed by atoms with van der Waals surface area (Å²) in [6, 6.07) is 5.46. The number of halogens is 3. The fourth-order valence-corrected chi connectivity index (χ4v) is 1.67. The number of hydrogen-bond acceptors (Lipinski definition) is 2. The molecule has 17 heavy (non-hydrogen) atoms. The number of hydrogen-bond donors (Lipinski definition) is 1. The molecule has 1 heterocycles. The van der Waals surface area contributed by atoms with E-state index >= 15 is 0 Å². The van der Waals surface area contributed by atoms with Crippen LogP contribution in [-0.4, -0.2) is 4.98 Å². The minimum atomic E-state index is -0.890. The summed E-state index contributed by atoms with van der Waals surface area (Å²) in [7, 11) is 0. The second-order valence-electron chi connectivity index (χ2n) is 3.54. The number of benzene rings is 1. The van der Waals surface area contributed by atoms with E-state index in [4.69, 9.17) is 0 Å². The van der Waals surface area contributed by atoms with Crippen molar-refractivity contribution in [2.75, 3.05) is 5.32 Å². The number of aryl methyl sites for hydroxylation is 1. The molecule has 2 rings (SSSR count). The molecule has 0 saturated heterocycles. The largest absolute Gasteiger partial charge is 0.339 e. The van der Waals surface area contributed by atoms with Crippen molar-refractivity contribution < 1.29 is 8.78 Å². The number of pyridine rings is 1. The Morgan fingerprint density at radius 2 is 1.94 bits per heavy atom. The highest BCUT2D eigenvalue weighted by atomic mass is 79.9. The quantitative estimate of drug-likeness (QED) is 0.900. The molecule has 88 valence electrons. The Morgan fingerprint density at radius 3 is 2.65 bits per heavy atom. The van der Waals surface area contributed by atoms with E-state index in [2.05, 4.69) is 26.2 Å². The Bertz CT molecular complexity index is 558. The molecule has 0 unspecified atom stereocenters. The summed E-state index contributed by atoms with van der Waals surface area (Å²) in [6.07, 6.45) is 1.64. The fraction of sp³-hybridized carbons (Fsp3) is 0.0833. The van der Waals surface area contributed by atoms with E-state index in [1.165, 1.54) is 6.07 Å². The molecule has 0 aliphatic carbocycles. The lowest BCUT2D eigenvalue weighted by Crippen LogP contribution is -1.97. The van der Waals surface area contributed by atoms with Gasteiger partial charge in [0, 0.05) is 18.0 Å². The first-order valence-electron chi connectivity index (χ1n) is 4.91. The fourth-order valence-electron chi connectivity index (χ4n) is 1.34. The van der Waals surface area contributed by atoms with Crippen LogP contribution in [-0.2, 0) is 0 Å². The molecule has 0 aliphatic rings. The molecule has 2 aromatic rings. The van der Waals surface area contributed by atoms with E-state index in [0.717, 1.165) is 22.2 Å². The lowest BCUT2D eigenvalue weighted by atomic mass is 10.2. The van der Waals surface area contributed by atoms with Crippen molar-refractivity contribution in [2.45, 2.75) is 6.92 Å². The number of aromatic nitrogens is 1. The molecular weight excluding hydrogens is 290 g/mol. The minimum absolute atomic E-state index is 0.447. The van der Waals surface area contributed by atoms with Crippen molar-refractivity contribution in [1.82, 2.24) is 4.98 Å². The summed E-state index contributed by atoms with van der Waals surface area (Å²) in [5, 5.41) is 2.92. The van der Waals surface area contributed by atoms with Gasteiger partial charge in [-0.3, -0.25) is 0 Å². The van der Waals surface area contributed by atoms with Gasteiger partial charge in [0.05, 0.1) is 4.47 Å². The third-order valence-corrected chi connectivity index (χ3v) is 3.27. The molecule has 1 aromatic carbocycles. The maximum Gasteiger partial charge on any atom is 0.160 e. The molecule has 0 radical (unpaired) electrons. The van der Waals surface area contributed by atoms with Gasteiger partial charge in [-0.1, -0.05) is 0 Å². The van der Waals surface area contributed by atoms with E-state index in [1.807, 2.05) is 13.0 Å². The Kier molecular flexibility index (Phi) is 3.38. The zero-order chi connectivity index (χ0) is 12.4. The highest BCUT2D eigenvalue weighted by molar-refractivity contribution is 9.10. The molecule has 2 nitrogen and oxygen atoms in total. The first-order chi connectivity index (χ1) is 8.08. The molecule has 5 heteroatoms. The molecule has 1 N–H and O–H groups in total. The van der Waals surface area contributed by atoms with Crippen LogP contribution in [0.2, 0.25) is 0 Å². The Labute approximate surface area is 106 Å². The SMILES string of the molecule is Cc1ccnc(Nc2ccc(F)c(F)c2)c1Br. The zero-order valence-corrected chi connectivity index (χ0v) is 10.6. The second kappa shape index (κ2) is 4.79. The van der Waals surface area contributed by atoms with Gasteiger partial charge in [-0.2, -0.15) is 0 Å².